The molecule has 2 aliphatic heterocycles. The van der Waals surface area contributed by atoms with E-state index in [9.17, 15) is 63.3 Å². The molecular weight excluding hydrogens is 839 g/mol. The lowest BCUT2D eigenvalue weighted by molar-refractivity contribution is -0.143. The van der Waals surface area contributed by atoms with E-state index in [1.165, 1.54) is 11.8 Å². The highest BCUT2D eigenvalue weighted by atomic mass is 16.4. The van der Waals surface area contributed by atoms with Crippen molar-refractivity contribution in [2.24, 2.45) is 17.6 Å². The molecule has 0 aliphatic carbocycles. The number of nitrogens with one attached hydrogen (secondary N) is 6. The number of nitrogens with two attached hydrogens (primary N) is 1. The van der Waals surface area contributed by atoms with E-state index < -0.39 is 133 Å². The maximum Gasteiger partial charge on any atom is 0.326 e. The third-order valence-corrected chi connectivity index (χ3v) is 10.8. The summed E-state index contributed by atoms with van der Waals surface area (Å²) in [5.41, 5.74) is 6.39. The lowest BCUT2D eigenvalue weighted by atomic mass is 10.0. The molecule has 0 aromatic heterocycles. The fourth-order valence-corrected chi connectivity index (χ4v) is 7.51. The van der Waals surface area contributed by atoms with Crippen molar-refractivity contribution in [3.05, 3.63) is 35.9 Å². The number of benzene rings is 1. The number of aliphatic hydroxyl groups is 1. The predicted molar refractivity (Wildman–Crippen MR) is 227 cm³/mol. The lowest BCUT2D eigenvalue weighted by Crippen LogP contribution is -2.59. The van der Waals surface area contributed by atoms with E-state index in [-0.39, 0.29) is 31.7 Å². The van der Waals surface area contributed by atoms with Crippen molar-refractivity contribution in [3.8, 4) is 0 Å². The molecule has 11 N–H and O–H groups in total. The SMILES string of the molecule is CC(C)C[C@H](NC(=O)[C@@H]1CCCN1C(=O)[C@H](C)N)C(=O)N[C@@H](CO)C(=O)N1CCC[C@H]1C(=O)NCC(=O)N[C@@H](CC(=O)O)C(=O)N[C@H](C(=O)N[C@@H](Cc1ccccc1)C(=O)O)C(C)C. The van der Waals surface area contributed by atoms with E-state index in [1.807, 2.05) is 13.8 Å². The van der Waals surface area contributed by atoms with Gasteiger partial charge in [-0.15, -0.1) is 0 Å². The molecule has 0 unspecified atom stereocenters. The first-order valence-electron chi connectivity index (χ1n) is 21.4. The maximum atomic E-state index is 13.7. The van der Waals surface area contributed by atoms with Gasteiger partial charge in [0.2, 0.25) is 47.3 Å². The minimum Gasteiger partial charge on any atom is -0.481 e. The molecule has 2 fully saturated rings. The van der Waals surface area contributed by atoms with Gasteiger partial charge in [-0.25, -0.2) is 4.79 Å². The maximum absolute atomic E-state index is 13.7. The quantitative estimate of drug-likeness (QED) is 0.0537. The second-order valence-corrected chi connectivity index (χ2v) is 16.9. The van der Waals surface area contributed by atoms with Crippen LogP contribution in [-0.4, -0.2) is 159 Å². The van der Waals surface area contributed by atoms with Gasteiger partial charge in [0.1, 0.15) is 42.3 Å². The van der Waals surface area contributed by atoms with Gasteiger partial charge >= 0.3 is 11.9 Å². The average molecular weight is 902 g/mol. The summed E-state index contributed by atoms with van der Waals surface area (Å²) in [6.45, 7) is 7.02. The van der Waals surface area contributed by atoms with Gasteiger partial charge in [0.25, 0.3) is 0 Å². The van der Waals surface area contributed by atoms with Crippen molar-refractivity contribution in [2.75, 3.05) is 26.2 Å². The van der Waals surface area contributed by atoms with Gasteiger partial charge in [0.15, 0.2) is 0 Å². The molecule has 0 spiro atoms. The number of hydrogen-bond acceptors (Lipinski definition) is 12. The standard InChI is InChI=1S/C42H63N9O13/c1-22(2)17-26(46-38(59)31-14-10-15-50(31)40(61)24(5)43)35(56)48-29(21-52)41(62)51-16-9-13-30(51)37(58)44-20-32(53)45-27(19-33(54)55)36(57)49-34(23(3)4)39(60)47-28(42(63)64)18-25-11-7-6-8-12-25/h6-8,11-12,22-24,26-31,34,52H,9-10,13-21,43H2,1-5H3,(H,44,58)(H,45,53)(H,46,59)(H,47,60)(H,48,56)(H,49,57)(H,54,55)(H,63,64)/t24-,26-,27-,28-,29-,30-,31-,34-/m0/s1. The van der Waals surface area contributed by atoms with E-state index in [0.29, 0.717) is 31.4 Å². The summed E-state index contributed by atoms with van der Waals surface area (Å²) in [4.78, 5) is 132. The molecule has 22 heteroatoms. The molecule has 64 heavy (non-hydrogen) atoms. The summed E-state index contributed by atoms with van der Waals surface area (Å²) >= 11 is 0. The second-order valence-electron chi connectivity index (χ2n) is 16.9. The molecular formula is C42H63N9O13. The summed E-state index contributed by atoms with van der Waals surface area (Å²) in [6.07, 6.45) is 0.589. The Morgan fingerprint density at radius 3 is 1.78 bits per heavy atom. The van der Waals surface area contributed by atoms with Crippen LogP contribution >= 0.6 is 0 Å². The first kappa shape index (κ1) is 52.2. The highest BCUT2D eigenvalue weighted by molar-refractivity contribution is 5.98. The Bertz CT molecular complexity index is 1860. The molecule has 8 amide bonds. The Morgan fingerprint density at radius 2 is 1.25 bits per heavy atom. The van der Waals surface area contributed by atoms with Gasteiger partial charge in [0, 0.05) is 19.5 Å². The highest BCUT2D eigenvalue weighted by Crippen LogP contribution is 2.21. The van der Waals surface area contributed by atoms with Crippen LogP contribution in [0.2, 0.25) is 0 Å². The molecule has 0 saturated carbocycles. The molecule has 22 nitrogen and oxygen atoms in total. The molecule has 2 saturated heterocycles. The number of amides is 8. The normalized spacial score (nSPS) is 18.8. The molecule has 0 radical (unpaired) electrons. The number of hydrogen-bond donors (Lipinski definition) is 10. The van der Waals surface area contributed by atoms with Gasteiger partial charge in [0.05, 0.1) is 25.6 Å². The largest absolute Gasteiger partial charge is 0.481 e. The summed E-state index contributed by atoms with van der Waals surface area (Å²) in [7, 11) is 0. The monoisotopic (exact) mass is 901 g/mol. The van der Waals surface area contributed by atoms with Crippen LogP contribution < -0.4 is 37.6 Å². The molecule has 1 aromatic rings. The number of likely N-dealkylation sites (tertiary alicyclic amines) is 2. The molecule has 1 aromatic carbocycles. The topological polar surface area (TPSA) is 336 Å². The zero-order chi connectivity index (χ0) is 47.8. The molecule has 354 valence electrons. The summed E-state index contributed by atoms with van der Waals surface area (Å²) < 4.78 is 0. The van der Waals surface area contributed by atoms with Crippen molar-refractivity contribution in [3.63, 3.8) is 0 Å². The molecule has 3 rings (SSSR count). The molecule has 2 heterocycles. The zero-order valence-electron chi connectivity index (χ0n) is 36.8. The number of carbonyl (C=O) groups is 10. The van der Waals surface area contributed by atoms with E-state index in [4.69, 9.17) is 5.73 Å². The third-order valence-electron chi connectivity index (χ3n) is 10.8. The van der Waals surface area contributed by atoms with E-state index in [1.54, 1.807) is 44.2 Å². The first-order chi connectivity index (χ1) is 30.1. The van der Waals surface area contributed by atoms with Gasteiger partial charge in [-0.1, -0.05) is 58.0 Å². The summed E-state index contributed by atoms with van der Waals surface area (Å²) in [6, 6.07) is -1.40. The summed E-state index contributed by atoms with van der Waals surface area (Å²) in [5.74, 6) is -9.80. The second kappa shape index (κ2) is 24.6. The van der Waals surface area contributed by atoms with Gasteiger partial charge in [-0.05, 0) is 56.4 Å². The van der Waals surface area contributed by atoms with Gasteiger partial charge < -0.3 is 62.8 Å². The Kier molecular flexibility index (Phi) is 20.1. The van der Waals surface area contributed by atoms with Crippen LogP contribution in [0.15, 0.2) is 30.3 Å². The predicted octanol–water partition coefficient (Wildman–Crippen LogP) is -2.65. The average Bonchev–Trinajstić information content (AvgIpc) is 3.93. The minimum absolute atomic E-state index is 0.0532. The zero-order valence-corrected chi connectivity index (χ0v) is 36.8. The fourth-order valence-electron chi connectivity index (χ4n) is 7.51. The van der Waals surface area contributed by atoms with Crippen LogP contribution in [0.4, 0.5) is 0 Å². The molecule has 2 aliphatic rings. The van der Waals surface area contributed by atoms with Crippen LogP contribution in [0.1, 0.15) is 78.7 Å². The minimum atomic E-state index is -1.73. The third kappa shape index (κ3) is 15.3. The first-order valence-corrected chi connectivity index (χ1v) is 21.4. The summed E-state index contributed by atoms with van der Waals surface area (Å²) in [5, 5.41) is 44.0. The number of carboxylic acids is 2. The fraction of sp³-hybridized carbons (Fsp3) is 0.619. The van der Waals surface area contributed by atoms with Gasteiger partial charge in [-0.2, -0.15) is 0 Å². The number of nitrogens with zero attached hydrogens (tertiary/aromatic N) is 2. The van der Waals surface area contributed by atoms with Gasteiger partial charge in [-0.3, -0.25) is 43.2 Å². The molecule has 0 bridgehead atoms. The van der Waals surface area contributed by atoms with Crippen molar-refractivity contribution < 1.29 is 63.3 Å². The van der Waals surface area contributed by atoms with E-state index in [2.05, 4.69) is 31.9 Å². The Labute approximate surface area is 371 Å². The number of carboxylic acid groups (broad SMARTS) is 2. The highest BCUT2D eigenvalue weighted by Gasteiger charge is 2.40. The van der Waals surface area contributed by atoms with Crippen molar-refractivity contribution in [1.82, 2.24) is 41.7 Å². The Morgan fingerprint density at radius 1 is 0.688 bits per heavy atom. The lowest BCUT2D eigenvalue weighted by Gasteiger charge is -2.30. The number of aliphatic hydroxyl groups excluding tert-OH is 1. The Balaban J connectivity index is 1.62. The smallest absolute Gasteiger partial charge is 0.326 e. The van der Waals surface area contributed by atoms with E-state index >= 15 is 0 Å². The number of carbonyl (C=O) groups excluding carboxylic acids is 8. The van der Waals surface area contributed by atoms with Crippen molar-refractivity contribution in [2.45, 2.75) is 128 Å². The van der Waals surface area contributed by atoms with Crippen LogP contribution in [0.3, 0.4) is 0 Å². The van der Waals surface area contributed by atoms with Crippen LogP contribution in [0, 0.1) is 11.8 Å². The molecule has 8 atom stereocenters. The number of aliphatic carboxylic acids is 2. The van der Waals surface area contributed by atoms with Crippen LogP contribution in [-0.2, 0) is 54.4 Å². The van der Waals surface area contributed by atoms with Crippen LogP contribution in [0.25, 0.3) is 0 Å². The Hall–Kier alpha value is -6.16. The van der Waals surface area contributed by atoms with Crippen LogP contribution in [0.5, 0.6) is 0 Å². The van der Waals surface area contributed by atoms with Crippen molar-refractivity contribution in [1.29, 1.82) is 0 Å². The van der Waals surface area contributed by atoms with Crippen molar-refractivity contribution >= 4 is 59.2 Å². The van der Waals surface area contributed by atoms with E-state index in [0.717, 1.165) is 4.90 Å². The number of rotatable bonds is 23.